The van der Waals surface area contributed by atoms with Crippen molar-refractivity contribution in [3.63, 3.8) is 0 Å². The molecule has 1 heterocycles. The lowest BCUT2D eigenvalue weighted by atomic mass is 10.1. The Balaban J connectivity index is 2.12. The summed E-state index contributed by atoms with van der Waals surface area (Å²) in [5, 5.41) is 24.9. The van der Waals surface area contributed by atoms with Gasteiger partial charge in [0.05, 0.1) is 5.56 Å². The first-order valence-electron chi connectivity index (χ1n) is 5.62. The van der Waals surface area contributed by atoms with E-state index in [4.69, 9.17) is 0 Å². The Hall–Kier alpha value is -1.75. The van der Waals surface area contributed by atoms with E-state index < -0.39 is 0 Å². The molecule has 0 aliphatic carbocycles. The Labute approximate surface area is 99.5 Å². The van der Waals surface area contributed by atoms with Crippen LogP contribution in [0.3, 0.4) is 0 Å². The third kappa shape index (κ3) is 2.34. The van der Waals surface area contributed by atoms with Crippen molar-refractivity contribution < 1.29 is 15.0 Å². The van der Waals surface area contributed by atoms with E-state index in [0.29, 0.717) is 5.92 Å². The maximum absolute atomic E-state index is 11.9. The lowest BCUT2D eigenvalue weighted by Gasteiger charge is -2.16. The van der Waals surface area contributed by atoms with Crippen LogP contribution in [0.25, 0.3) is 0 Å². The van der Waals surface area contributed by atoms with Crippen molar-refractivity contribution in [2.45, 2.75) is 13.0 Å². The summed E-state index contributed by atoms with van der Waals surface area (Å²) in [6.07, 6.45) is 0. The molecule has 1 aliphatic heterocycles. The highest BCUT2D eigenvalue weighted by atomic mass is 16.3. The molecule has 4 N–H and O–H groups in total. The summed E-state index contributed by atoms with van der Waals surface area (Å²) in [7, 11) is 0. The predicted molar refractivity (Wildman–Crippen MR) is 63.1 cm³/mol. The highest BCUT2D eigenvalue weighted by Gasteiger charge is 2.25. The van der Waals surface area contributed by atoms with Gasteiger partial charge < -0.3 is 20.8 Å². The minimum absolute atomic E-state index is 0.0595. The smallest absolute Gasteiger partial charge is 0.255 e. The summed E-state index contributed by atoms with van der Waals surface area (Å²) in [6, 6.07) is 4.41. The topological polar surface area (TPSA) is 81.6 Å². The maximum atomic E-state index is 11.9. The van der Waals surface area contributed by atoms with Crippen LogP contribution < -0.4 is 10.6 Å². The zero-order valence-electron chi connectivity index (χ0n) is 9.60. The van der Waals surface area contributed by atoms with Gasteiger partial charge in [0.2, 0.25) is 0 Å². The van der Waals surface area contributed by atoms with Gasteiger partial charge in [0.1, 0.15) is 0 Å². The molecule has 1 aromatic rings. The van der Waals surface area contributed by atoms with Gasteiger partial charge in [0.25, 0.3) is 5.91 Å². The Morgan fingerprint density at radius 3 is 2.82 bits per heavy atom. The van der Waals surface area contributed by atoms with E-state index in [1.54, 1.807) is 0 Å². The van der Waals surface area contributed by atoms with Gasteiger partial charge in [-0.05, 0) is 24.6 Å². The average molecular weight is 236 g/mol. The molecule has 92 valence electrons. The fourth-order valence-electron chi connectivity index (χ4n) is 1.96. The fourth-order valence-corrected chi connectivity index (χ4v) is 1.96. The van der Waals surface area contributed by atoms with Crippen molar-refractivity contribution in [2.24, 2.45) is 5.92 Å². The Kier molecular flexibility index (Phi) is 3.19. The molecule has 0 saturated carbocycles. The Morgan fingerprint density at radius 1 is 1.41 bits per heavy atom. The van der Waals surface area contributed by atoms with E-state index in [9.17, 15) is 15.0 Å². The number of phenolic OH excluding ortho intramolecular Hbond substituents is 2. The minimum Gasteiger partial charge on any atom is -0.504 e. The fraction of sp³-hybridized carbons (Fsp3) is 0.417. The van der Waals surface area contributed by atoms with Crippen LogP contribution in [-0.4, -0.2) is 35.3 Å². The summed E-state index contributed by atoms with van der Waals surface area (Å²) >= 11 is 0. The number of carbonyl (C=O) groups is 1. The molecular formula is C12H16N2O3. The average Bonchev–Trinajstić information content (AvgIpc) is 2.68. The molecule has 0 radical (unpaired) electrons. The summed E-state index contributed by atoms with van der Waals surface area (Å²) in [5.41, 5.74) is 0.101. The van der Waals surface area contributed by atoms with Crippen LogP contribution >= 0.6 is 0 Å². The van der Waals surface area contributed by atoms with Crippen LogP contribution in [0.1, 0.15) is 17.3 Å². The number of benzene rings is 1. The number of amides is 1. The molecule has 1 aliphatic rings. The van der Waals surface area contributed by atoms with E-state index in [0.717, 1.165) is 13.1 Å². The van der Waals surface area contributed by atoms with E-state index >= 15 is 0 Å². The first kappa shape index (κ1) is 11.7. The molecular weight excluding hydrogens is 220 g/mol. The quantitative estimate of drug-likeness (QED) is 0.561. The first-order chi connectivity index (χ1) is 8.09. The van der Waals surface area contributed by atoms with Gasteiger partial charge in [-0.25, -0.2) is 0 Å². The largest absolute Gasteiger partial charge is 0.504 e. The monoisotopic (exact) mass is 236 g/mol. The molecule has 1 saturated heterocycles. The van der Waals surface area contributed by atoms with Gasteiger partial charge in [-0.15, -0.1) is 0 Å². The summed E-state index contributed by atoms with van der Waals surface area (Å²) in [4.78, 5) is 11.9. The van der Waals surface area contributed by atoms with Crippen molar-refractivity contribution in [1.29, 1.82) is 0 Å². The predicted octanol–water partition coefficient (Wildman–Crippen LogP) is 0.435. The third-order valence-corrected chi connectivity index (χ3v) is 3.09. The van der Waals surface area contributed by atoms with Crippen LogP contribution in [-0.2, 0) is 0 Å². The van der Waals surface area contributed by atoms with Gasteiger partial charge in [-0.2, -0.15) is 0 Å². The van der Waals surface area contributed by atoms with E-state index in [-0.39, 0.29) is 29.0 Å². The van der Waals surface area contributed by atoms with Gasteiger partial charge in [0.15, 0.2) is 11.5 Å². The molecule has 17 heavy (non-hydrogen) atoms. The second-order valence-electron chi connectivity index (χ2n) is 4.39. The number of para-hydroxylation sites is 1. The van der Waals surface area contributed by atoms with Gasteiger partial charge in [-0.3, -0.25) is 4.79 Å². The standard InChI is InChI=1S/C12H16N2O3/c1-7-5-13-6-9(7)14-12(17)8-3-2-4-10(15)11(8)16/h2-4,7,9,13,15-16H,5-6H2,1H3,(H,14,17). The zero-order chi connectivity index (χ0) is 12.4. The zero-order valence-corrected chi connectivity index (χ0v) is 9.60. The van der Waals surface area contributed by atoms with Gasteiger partial charge in [-0.1, -0.05) is 13.0 Å². The van der Waals surface area contributed by atoms with Crippen molar-refractivity contribution in [2.75, 3.05) is 13.1 Å². The molecule has 1 aromatic carbocycles. The van der Waals surface area contributed by atoms with Crippen LogP contribution in [0.2, 0.25) is 0 Å². The third-order valence-electron chi connectivity index (χ3n) is 3.09. The number of hydrogen-bond donors (Lipinski definition) is 4. The summed E-state index contributed by atoms with van der Waals surface area (Å²) < 4.78 is 0. The molecule has 2 unspecified atom stereocenters. The van der Waals surface area contributed by atoms with Crippen molar-refractivity contribution in [3.8, 4) is 11.5 Å². The number of rotatable bonds is 2. The highest BCUT2D eigenvalue weighted by Crippen LogP contribution is 2.28. The molecule has 0 aromatic heterocycles. The minimum atomic E-state index is -0.372. The van der Waals surface area contributed by atoms with Crippen molar-refractivity contribution >= 4 is 5.91 Å². The number of hydrogen-bond acceptors (Lipinski definition) is 4. The molecule has 2 atom stereocenters. The van der Waals surface area contributed by atoms with E-state index in [1.165, 1.54) is 18.2 Å². The number of phenols is 2. The normalized spacial score (nSPS) is 23.6. The maximum Gasteiger partial charge on any atom is 0.255 e. The highest BCUT2D eigenvalue weighted by molar-refractivity contribution is 5.97. The molecule has 5 heteroatoms. The van der Waals surface area contributed by atoms with Crippen LogP contribution in [0, 0.1) is 5.92 Å². The van der Waals surface area contributed by atoms with Crippen molar-refractivity contribution in [1.82, 2.24) is 10.6 Å². The lowest BCUT2D eigenvalue weighted by Crippen LogP contribution is -2.39. The second kappa shape index (κ2) is 4.63. The second-order valence-corrected chi connectivity index (χ2v) is 4.39. The first-order valence-corrected chi connectivity index (χ1v) is 5.62. The van der Waals surface area contributed by atoms with Crippen LogP contribution in [0.4, 0.5) is 0 Å². The Bertz CT molecular complexity index is 434. The number of aromatic hydroxyl groups is 2. The molecule has 5 nitrogen and oxygen atoms in total. The van der Waals surface area contributed by atoms with Crippen LogP contribution in [0.5, 0.6) is 11.5 Å². The van der Waals surface area contributed by atoms with E-state index in [2.05, 4.69) is 10.6 Å². The molecule has 1 amide bonds. The SMILES string of the molecule is CC1CNCC1NC(=O)c1cccc(O)c1O. The summed E-state index contributed by atoms with van der Waals surface area (Å²) in [5.74, 6) is -0.656. The van der Waals surface area contributed by atoms with E-state index in [1.807, 2.05) is 6.92 Å². The molecule has 0 bridgehead atoms. The molecule has 2 rings (SSSR count). The lowest BCUT2D eigenvalue weighted by molar-refractivity contribution is 0.0929. The van der Waals surface area contributed by atoms with Crippen LogP contribution in [0.15, 0.2) is 18.2 Å². The van der Waals surface area contributed by atoms with Gasteiger partial charge >= 0.3 is 0 Å². The van der Waals surface area contributed by atoms with Crippen molar-refractivity contribution in [3.05, 3.63) is 23.8 Å². The molecule has 0 spiro atoms. The summed E-state index contributed by atoms with van der Waals surface area (Å²) in [6.45, 7) is 3.65. The number of carbonyl (C=O) groups excluding carboxylic acids is 1. The molecule has 1 fully saturated rings. The van der Waals surface area contributed by atoms with Gasteiger partial charge in [0, 0.05) is 12.6 Å². The Morgan fingerprint density at radius 2 is 2.18 bits per heavy atom. The number of nitrogens with one attached hydrogen (secondary N) is 2.